The summed E-state index contributed by atoms with van der Waals surface area (Å²) < 4.78 is 7.16. The Morgan fingerprint density at radius 2 is 2.19 bits per heavy atom. The molecule has 1 aromatic carbocycles. The molecule has 6 heteroatoms. The van der Waals surface area contributed by atoms with Gasteiger partial charge in [0.1, 0.15) is 5.75 Å². The Kier molecular flexibility index (Phi) is 4.59. The summed E-state index contributed by atoms with van der Waals surface area (Å²) in [7, 11) is 1.80. The Morgan fingerprint density at radius 3 is 2.86 bits per heavy atom. The average molecular weight is 290 g/mol. The van der Waals surface area contributed by atoms with Gasteiger partial charge in [0.25, 0.3) is 5.91 Å². The van der Waals surface area contributed by atoms with Gasteiger partial charge >= 0.3 is 0 Å². The predicted molar refractivity (Wildman–Crippen MR) is 83.5 cm³/mol. The minimum atomic E-state index is -0.232. The van der Waals surface area contributed by atoms with Gasteiger partial charge in [0, 0.05) is 15.0 Å². The van der Waals surface area contributed by atoms with E-state index in [9.17, 15) is 4.79 Å². The monoisotopic (exact) mass is 290 g/mol. The number of benzene rings is 1. The number of aromatic nitrogens is 2. The molecule has 0 atom stereocenters. The van der Waals surface area contributed by atoms with E-state index in [1.54, 1.807) is 29.9 Å². The molecule has 3 N–H and O–H groups in total. The van der Waals surface area contributed by atoms with E-state index in [0.717, 1.165) is 11.4 Å². The minimum Gasteiger partial charge on any atom is -0.493 e. The first kappa shape index (κ1) is 15.1. The van der Waals surface area contributed by atoms with E-state index in [1.165, 1.54) is 0 Å². The second-order valence-corrected chi connectivity index (χ2v) is 4.62. The number of nitrogens with zero attached hydrogens (tertiary/aromatic N) is 2. The van der Waals surface area contributed by atoms with E-state index in [1.807, 2.05) is 19.9 Å². The molecule has 2 rings (SSSR count). The van der Waals surface area contributed by atoms with Crippen LogP contribution in [0.3, 0.4) is 0 Å². The first-order chi connectivity index (χ1) is 10.1. The lowest BCUT2D eigenvalue weighted by atomic mass is 10.1. The van der Waals surface area contributed by atoms with E-state index in [0.29, 0.717) is 30.2 Å². The molecule has 1 heterocycles. The van der Waals surface area contributed by atoms with Gasteiger partial charge in [-0.2, -0.15) is 5.10 Å². The molecule has 0 saturated carbocycles. The molecule has 0 radical (unpaired) electrons. The van der Waals surface area contributed by atoms with Crippen molar-refractivity contribution in [3.8, 4) is 5.75 Å². The van der Waals surface area contributed by atoms with Crippen LogP contribution in [0.25, 0.3) is 0 Å². The molecule has 0 saturated heterocycles. The van der Waals surface area contributed by atoms with Crippen LogP contribution in [-0.4, -0.2) is 22.3 Å². The van der Waals surface area contributed by atoms with Crippen LogP contribution < -0.4 is 15.8 Å². The van der Waals surface area contributed by atoms with Gasteiger partial charge in [0.05, 0.1) is 29.2 Å². The molecule has 6 nitrogen and oxygen atoms in total. The number of rotatable bonds is 5. The highest BCUT2D eigenvalue weighted by atomic mass is 16.5. The van der Waals surface area contributed by atoms with Gasteiger partial charge in [0.2, 0.25) is 0 Å². The summed E-state index contributed by atoms with van der Waals surface area (Å²) in [5.41, 5.74) is 8.40. The number of para-hydroxylation sites is 1. The van der Waals surface area contributed by atoms with Crippen LogP contribution in [0.2, 0.25) is 0 Å². The molecule has 1 aromatic heterocycles. The first-order valence-electron chi connectivity index (χ1n) is 6.84. The van der Waals surface area contributed by atoms with Crippen molar-refractivity contribution in [3.05, 3.63) is 41.2 Å². The molecule has 0 aliphatic heterocycles. The predicted octanol–water partition coefficient (Wildman–Crippen LogP) is 2.08. The highest BCUT2D eigenvalue weighted by Crippen LogP contribution is 2.23. The number of nitrogens with two attached hydrogens (primary N) is 1. The smallest absolute Gasteiger partial charge is 0.259 e. The van der Waals surface area contributed by atoms with Crippen LogP contribution in [0.15, 0.2) is 24.3 Å². The van der Waals surface area contributed by atoms with Crippen LogP contribution in [-0.2, 0) is 13.6 Å². The van der Waals surface area contributed by atoms with Crippen molar-refractivity contribution in [2.24, 2.45) is 12.8 Å². The van der Waals surface area contributed by atoms with Crippen LogP contribution in [0.4, 0.5) is 5.69 Å². The molecule has 1 amide bonds. The second-order valence-electron chi connectivity index (χ2n) is 4.62. The average Bonchev–Trinajstić information content (AvgIpc) is 2.73. The van der Waals surface area contributed by atoms with Crippen LogP contribution in [0.1, 0.15) is 30.1 Å². The Labute approximate surface area is 125 Å². The number of aryl methyl sites for hydroxylation is 2. The maximum absolute atomic E-state index is 12.5. The summed E-state index contributed by atoms with van der Waals surface area (Å²) in [5.74, 6) is 0.332. The van der Waals surface area contributed by atoms with Crippen molar-refractivity contribution in [3.63, 3.8) is 0 Å². The third-order valence-corrected chi connectivity index (χ3v) is 3.20. The van der Waals surface area contributed by atoms with Gasteiger partial charge in [-0.15, -0.1) is 0 Å². The Bertz CT molecular complexity index is 655. The fraction of sp³-hybridized carbons (Fsp3) is 0.333. The van der Waals surface area contributed by atoms with E-state index in [2.05, 4.69) is 10.4 Å². The molecule has 21 heavy (non-hydrogen) atoms. The zero-order valence-electron chi connectivity index (χ0n) is 12.5. The number of carbonyl (C=O) groups excluding carboxylic acids is 1. The van der Waals surface area contributed by atoms with Gasteiger partial charge < -0.3 is 15.8 Å². The number of ether oxygens (including phenoxy) is 1. The second kappa shape index (κ2) is 6.41. The molecule has 114 valence electrons. The lowest BCUT2D eigenvalue weighted by Gasteiger charge is -2.11. The van der Waals surface area contributed by atoms with Crippen molar-refractivity contribution in [2.45, 2.75) is 20.4 Å². The normalized spacial score (nSPS) is 10.5. The molecule has 0 aliphatic carbocycles. The summed E-state index contributed by atoms with van der Waals surface area (Å²) >= 11 is 0. The fourth-order valence-corrected chi connectivity index (χ4v) is 2.22. The molecule has 0 unspecified atom stereocenters. The molecular weight excluding hydrogens is 268 g/mol. The Hall–Kier alpha value is -2.34. The Morgan fingerprint density at radius 1 is 1.48 bits per heavy atom. The molecule has 0 fully saturated rings. The van der Waals surface area contributed by atoms with E-state index >= 15 is 0 Å². The van der Waals surface area contributed by atoms with Gasteiger partial charge in [-0.05, 0) is 26.0 Å². The van der Waals surface area contributed by atoms with E-state index in [4.69, 9.17) is 10.5 Å². The minimum absolute atomic E-state index is 0. The van der Waals surface area contributed by atoms with Gasteiger partial charge in [-0.1, -0.05) is 12.1 Å². The van der Waals surface area contributed by atoms with Crippen LogP contribution >= 0.6 is 0 Å². The summed E-state index contributed by atoms with van der Waals surface area (Å²) in [6.45, 7) is 4.53. The Balaban J connectivity index is 0.00000242. The van der Waals surface area contributed by atoms with E-state index in [-0.39, 0.29) is 7.33 Å². The van der Waals surface area contributed by atoms with Gasteiger partial charge in [-0.3, -0.25) is 9.48 Å². The lowest BCUT2D eigenvalue weighted by Crippen LogP contribution is -2.16. The topological polar surface area (TPSA) is 82.2 Å². The van der Waals surface area contributed by atoms with Crippen molar-refractivity contribution in [2.75, 3.05) is 11.9 Å². The standard InChI is InChI=1S/C15H20N4O2.H2/c1-4-21-13-8-6-5-7-11(13)15(20)17-14-10(2)18-19(3)12(14)9-16;/h5-8H,4,9,16H2,1-3H3,(H,17,20);1H. The number of anilines is 1. The third-order valence-electron chi connectivity index (χ3n) is 3.20. The lowest BCUT2D eigenvalue weighted by molar-refractivity contribution is 0.102. The van der Waals surface area contributed by atoms with Crippen molar-refractivity contribution < 1.29 is 11.0 Å². The first-order valence-corrected chi connectivity index (χ1v) is 6.84. The largest absolute Gasteiger partial charge is 0.493 e. The highest BCUT2D eigenvalue weighted by Gasteiger charge is 2.17. The fourth-order valence-electron chi connectivity index (χ4n) is 2.22. The highest BCUT2D eigenvalue weighted by molar-refractivity contribution is 6.06. The van der Waals surface area contributed by atoms with Gasteiger partial charge in [0.15, 0.2) is 0 Å². The third kappa shape index (κ3) is 3.05. The molecule has 2 aromatic rings. The summed E-state index contributed by atoms with van der Waals surface area (Å²) in [5, 5.41) is 7.16. The molecule has 0 spiro atoms. The maximum Gasteiger partial charge on any atom is 0.259 e. The molecular formula is C15H22N4O2. The maximum atomic E-state index is 12.5. The van der Waals surface area contributed by atoms with Crippen LogP contribution in [0.5, 0.6) is 5.75 Å². The number of nitrogens with one attached hydrogen (secondary N) is 1. The zero-order valence-corrected chi connectivity index (χ0v) is 12.5. The van der Waals surface area contributed by atoms with Crippen molar-refractivity contribution >= 4 is 11.6 Å². The number of hydrogen-bond acceptors (Lipinski definition) is 4. The summed E-state index contributed by atoms with van der Waals surface area (Å²) in [6, 6.07) is 7.15. The number of hydrogen-bond donors (Lipinski definition) is 2. The van der Waals surface area contributed by atoms with Crippen molar-refractivity contribution in [1.29, 1.82) is 0 Å². The quantitative estimate of drug-likeness (QED) is 0.883. The van der Waals surface area contributed by atoms with Crippen molar-refractivity contribution in [1.82, 2.24) is 9.78 Å². The summed E-state index contributed by atoms with van der Waals surface area (Å²) in [6.07, 6.45) is 0. The number of carbonyl (C=O) groups is 1. The van der Waals surface area contributed by atoms with Crippen LogP contribution in [0, 0.1) is 6.92 Å². The molecule has 0 aliphatic rings. The summed E-state index contributed by atoms with van der Waals surface area (Å²) in [4.78, 5) is 12.5. The zero-order chi connectivity index (χ0) is 15.4. The number of amides is 1. The SMILES string of the molecule is CCOc1ccccc1C(=O)Nc1c(C)nn(C)c1CN.[HH]. The van der Waals surface area contributed by atoms with Gasteiger partial charge in [-0.25, -0.2) is 0 Å². The van der Waals surface area contributed by atoms with E-state index < -0.39 is 0 Å². The molecule has 0 bridgehead atoms.